The molecule has 0 amide bonds. The van der Waals surface area contributed by atoms with Crippen molar-refractivity contribution in [3.8, 4) is 0 Å². The predicted octanol–water partition coefficient (Wildman–Crippen LogP) is 2.65. The SMILES string of the molecule is CN=C(NCCc1c(C)nn(C)c1C)NC1CCC(SC)C1.I. The van der Waals surface area contributed by atoms with Gasteiger partial charge in [0.15, 0.2) is 5.96 Å². The molecule has 132 valence electrons. The minimum Gasteiger partial charge on any atom is -0.356 e. The molecular weight excluding hydrogens is 421 g/mol. The highest BCUT2D eigenvalue weighted by atomic mass is 127. The maximum atomic E-state index is 4.47. The van der Waals surface area contributed by atoms with Gasteiger partial charge in [0, 0.05) is 37.6 Å². The molecule has 0 spiro atoms. The lowest BCUT2D eigenvalue weighted by Gasteiger charge is -2.17. The zero-order chi connectivity index (χ0) is 16.1. The zero-order valence-electron chi connectivity index (χ0n) is 14.8. The standard InChI is InChI=1S/C16H29N5S.HI/c1-11-15(12(2)21(4)20-11)8-9-18-16(17-3)19-13-6-7-14(10-13)22-5;/h13-14H,6-10H2,1-5H3,(H2,17,18,19);1H. The van der Waals surface area contributed by atoms with Crippen molar-refractivity contribution in [1.82, 2.24) is 20.4 Å². The van der Waals surface area contributed by atoms with E-state index in [1.165, 1.54) is 30.5 Å². The average molecular weight is 451 g/mol. The van der Waals surface area contributed by atoms with Crippen LogP contribution in [0.5, 0.6) is 0 Å². The van der Waals surface area contributed by atoms with E-state index in [2.05, 4.69) is 40.8 Å². The van der Waals surface area contributed by atoms with E-state index in [-0.39, 0.29) is 24.0 Å². The van der Waals surface area contributed by atoms with Crippen molar-refractivity contribution in [2.75, 3.05) is 19.8 Å². The second-order valence-electron chi connectivity index (χ2n) is 6.03. The number of rotatable bonds is 5. The number of aromatic nitrogens is 2. The molecule has 1 aromatic rings. The van der Waals surface area contributed by atoms with Crippen molar-refractivity contribution in [1.29, 1.82) is 0 Å². The molecule has 1 saturated carbocycles. The van der Waals surface area contributed by atoms with Crippen molar-refractivity contribution >= 4 is 41.7 Å². The van der Waals surface area contributed by atoms with Crippen LogP contribution in [0.15, 0.2) is 4.99 Å². The van der Waals surface area contributed by atoms with Crippen LogP contribution < -0.4 is 10.6 Å². The number of nitrogens with zero attached hydrogens (tertiary/aromatic N) is 3. The van der Waals surface area contributed by atoms with E-state index >= 15 is 0 Å². The molecule has 1 fully saturated rings. The van der Waals surface area contributed by atoms with Gasteiger partial charge in [-0.2, -0.15) is 16.9 Å². The van der Waals surface area contributed by atoms with Crippen LogP contribution in [0.3, 0.4) is 0 Å². The van der Waals surface area contributed by atoms with Gasteiger partial charge in [0.2, 0.25) is 0 Å². The van der Waals surface area contributed by atoms with Crippen molar-refractivity contribution in [3.05, 3.63) is 17.0 Å². The Labute approximate surface area is 161 Å². The van der Waals surface area contributed by atoms with E-state index in [1.807, 2.05) is 30.5 Å². The van der Waals surface area contributed by atoms with Gasteiger partial charge in [-0.15, -0.1) is 24.0 Å². The third kappa shape index (κ3) is 5.55. The summed E-state index contributed by atoms with van der Waals surface area (Å²) in [6.07, 6.45) is 6.97. The summed E-state index contributed by atoms with van der Waals surface area (Å²) in [4.78, 5) is 4.35. The second-order valence-corrected chi connectivity index (χ2v) is 7.17. The van der Waals surface area contributed by atoms with Gasteiger partial charge in [-0.3, -0.25) is 9.67 Å². The largest absolute Gasteiger partial charge is 0.356 e. The van der Waals surface area contributed by atoms with Crippen molar-refractivity contribution in [3.63, 3.8) is 0 Å². The molecule has 0 bridgehead atoms. The normalized spacial score (nSPS) is 21.2. The molecule has 1 aliphatic carbocycles. The molecule has 1 aliphatic rings. The summed E-state index contributed by atoms with van der Waals surface area (Å²) >= 11 is 1.98. The zero-order valence-corrected chi connectivity index (χ0v) is 18.0. The van der Waals surface area contributed by atoms with Gasteiger partial charge < -0.3 is 10.6 Å². The predicted molar refractivity (Wildman–Crippen MR) is 111 cm³/mol. The van der Waals surface area contributed by atoms with Crippen LogP contribution in [0.1, 0.15) is 36.2 Å². The van der Waals surface area contributed by atoms with E-state index in [1.54, 1.807) is 0 Å². The molecule has 0 aliphatic heterocycles. The van der Waals surface area contributed by atoms with Crippen molar-refractivity contribution < 1.29 is 0 Å². The Bertz CT molecular complexity index is 529. The highest BCUT2D eigenvalue weighted by molar-refractivity contribution is 14.0. The third-order valence-corrected chi connectivity index (χ3v) is 5.70. The highest BCUT2D eigenvalue weighted by Gasteiger charge is 2.24. The monoisotopic (exact) mass is 451 g/mol. The average Bonchev–Trinajstić information content (AvgIpc) is 3.05. The molecule has 23 heavy (non-hydrogen) atoms. The maximum Gasteiger partial charge on any atom is 0.191 e. The smallest absolute Gasteiger partial charge is 0.191 e. The summed E-state index contributed by atoms with van der Waals surface area (Å²) in [6.45, 7) is 5.09. The Morgan fingerprint density at radius 1 is 1.39 bits per heavy atom. The molecule has 7 heteroatoms. The lowest BCUT2D eigenvalue weighted by atomic mass is 10.1. The fraction of sp³-hybridized carbons (Fsp3) is 0.750. The fourth-order valence-corrected chi connectivity index (χ4v) is 3.95. The Balaban J connectivity index is 0.00000264. The molecule has 2 atom stereocenters. The van der Waals surface area contributed by atoms with Crippen LogP contribution in [-0.2, 0) is 13.5 Å². The molecule has 1 heterocycles. The van der Waals surface area contributed by atoms with E-state index in [4.69, 9.17) is 0 Å². The molecule has 5 nitrogen and oxygen atoms in total. The van der Waals surface area contributed by atoms with E-state index in [0.29, 0.717) is 6.04 Å². The third-order valence-electron chi connectivity index (χ3n) is 4.61. The van der Waals surface area contributed by atoms with Crippen LogP contribution in [0, 0.1) is 13.8 Å². The molecule has 0 aromatic carbocycles. The van der Waals surface area contributed by atoms with Gasteiger partial charge in [0.05, 0.1) is 5.69 Å². The Hall–Kier alpha value is -0.440. The molecule has 2 N–H and O–H groups in total. The number of nitrogens with one attached hydrogen (secondary N) is 2. The summed E-state index contributed by atoms with van der Waals surface area (Å²) in [7, 11) is 3.85. The summed E-state index contributed by atoms with van der Waals surface area (Å²) in [5, 5.41) is 12.3. The number of hydrogen-bond donors (Lipinski definition) is 2. The van der Waals surface area contributed by atoms with Gasteiger partial charge in [0.25, 0.3) is 0 Å². The first-order chi connectivity index (χ1) is 10.5. The van der Waals surface area contributed by atoms with Crippen LogP contribution in [-0.4, -0.2) is 46.9 Å². The van der Waals surface area contributed by atoms with E-state index in [9.17, 15) is 0 Å². The van der Waals surface area contributed by atoms with Crippen LogP contribution >= 0.6 is 35.7 Å². The Morgan fingerprint density at radius 2 is 2.13 bits per heavy atom. The second kappa shape index (κ2) is 9.76. The molecular formula is C16H30IN5S. The first-order valence-corrected chi connectivity index (χ1v) is 9.33. The minimum absolute atomic E-state index is 0. The fourth-order valence-electron chi connectivity index (χ4n) is 3.16. The maximum absolute atomic E-state index is 4.47. The van der Waals surface area contributed by atoms with Crippen LogP contribution in [0.4, 0.5) is 0 Å². The summed E-state index contributed by atoms with van der Waals surface area (Å²) in [6, 6.07) is 0.561. The molecule has 2 rings (SSSR count). The Kier molecular flexibility index (Phi) is 8.74. The van der Waals surface area contributed by atoms with Gasteiger partial charge >= 0.3 is 0 Å². The van der Waals surface area contributed by atoms with E-state index < -0.39 is 0 Å². The lowest BCUT2D eigenvalue weighted by Crippen LogP contribution is -2.43. The van der Waals surface area contributed by atoms with Gasteiger partial charge in [-0.1, -0.05) is 0 Å². The molecule has 1 aromatic heterocycles. The Morgan fingerprint density at radius 3 is 2.65 bits per heavy atom. The topological polar surface area (TPSA) is 54.2 Å². The number of hydrogen-bond acceptors (Lipinski definition) is 3. The number of thioether (sulfide) groups is 1. The van der Waals surface area contributed by atoms with Crippen LogP contribution in [0.25, 0.3) is 0 Å². The number of aliphatic imine (C=N–C) groups is 1. The number of guanidine groups is 1. The van der Waals surface area contributed by atoms with Crippen molar-refractivity contribution in [2.45, 2.75) is 50.8 Å². The van der Waals surface area contributed by atoms with Gasteiger partial charge in [-0.25, -0.2) is 0 Å². The van der Waals surface area contributed by atoms with Gasteiger partial charge in [0.1, 0.15) is 0 Å². The van der Waals surface area contributed by atoms with E-state index in [0.717, 1.165) is 29.9 Å². The van der Waals surface area contributed by atoms with Crippen molar-refractivity contribution in [2.24, 2.45) is 12.0 Å². The quantitative estimate of drug-likeness (QED) is 0.411. The number of aryl methyl sites for hydroxylation is 2. The summed E-state index contributed by atoms with van der Waals surface area (Å²) in [5.74, 6) is 0.922. The summed E-state index contributed by atoms with van der Waals surface area (Å²) < 4.78 is 1.96. The summed E-state index contributed by atoms with van der Waals surface area (Å²) in [5.41, 5.74) is 3.72. The first kappa shape index (κ1) is 20.6. The molecule has 0 saturated heterocycles. The minimum atomic E-state index is 0. The number of halogens is 1. The highest BCUT2D eigenvalue weighted by Crippen LogP contribution is 2.27. The van der Waals surface area contributed by atoms with Gasteiger partial charge in [-0.05, 0) is 51.3 Å². The first-order valence-electron chi connectivity index (χ1n) is 8.04. The molecule has 2 unspecified atom stereocenters. The molecule has 0 radical (unpaired) electrons. The van der Waals surface area contributed by atoms with Crippen LogP contribution in [0.2, 0.25) is 0 Å². The lowest BCUT2D eigenvalue weighted by molar-refractivity contribution is 0.614.